The minimum absolute atomic E-state index is 0.220. The van der Waals surface area contributed by atoms with E-state index < -0.39 is 5.54 Å². The molecular weight excluding hydrogens is 392 g/mol. The van der Waals surface area contributed by atoms with E-state index in [1.54, 1.807) is 6.20 Å². The van der Waals surface area contributed by atoms with Gasteiger partial charge in [0.25, 0.3) is 5.56 Å². The molecule has 6 heteroatoms. The van der Waals surface area contributed by atoms with Crippen molar-refractivity contribution in [3.05, 3.63) is 87.3 Å². The number of nitrogens with zero attached hydrogens (tertiary/aromatic N) is 2. The molecule has 3 aromatic rings. The molecule has 0 saturated carbocycles. The molecule has 0 saturated heterocycles. The van der Waals surface area contributed by atoms with Crippen molar-refractivity contribution < 1.29 is 4.74 Å². The number of thioether (sulfide) groups is 1. The third-order valence-electron chi connectivity index (χ3n) is 4.09. The molecule has 0 fully saturated rings. The summed E-state index contributed by atoms with van der Waals surface area (Å²) in [5.74, 6) is 1.52. The zero-order valence-electron chi connectivity index (χ0n) is 16.2. The van der Waals surface area contributed by atoms with E-state index in [-0.39, 0.29) is 10.6 Å². The number of hydrogen-bond donors (Lipinski definition) is 0. The third kappa shape index (κ3) is 5.18. The van der Waals surface area contributed by atoms with Gasteiger partial charge in [0.05, 0.1) is 16.6 Å². The van der Waals surface area contributed by atoms with Crippen LogP contribution in [-0.4, -0.2) is 9.78 Å². The first-order valence-corrected chi connectivity index (χ1v) is 10.4. The van der Waals surface area contributed by atoms with E-state index in [2.05, 4.69) is 5.10 Å². The Morgan fingerprint density at radius 2 is 1.71 bits per heavy atom. The van der Waals surface area contributed by atoms with Gasteiger partial charge in [-0.2, -0.15) is 5.10 Å². The number of ether oxygens (including phenoxy) is 1. The summed E-state index contributed by atoms with van der Waals surface area (Å²) in [5, 5.41) is 4.49. The summed E-state index contributed by atoms with van der Waals surface area (Å²) in [6, 6.07) is 18.0. The van der Waals surface area contributed by atoms with E-state index in [4.69, 9.17) is 16.3 Å². The van der Waals surface area contributed by atoms with Crippen molar-refractivity contribution >= 4 is 23.4 Å². The second-order valence-corrected chi connectivity index (χ2v) is 8.81. The standard InChI is InChI=1S/C22H23ClN2O2S/c1-22(2,3)25-21(26)20(23)19(13-24-25)28-15-17-9-11-18(12-10-17)27-14-16-7-5-4-6-8-16/h4-13H,14-15H2,1-3H3. The molecule has 1 heterocycles. The summed E-state index contributed by atoms with van der Waals surface area (Å²) in [5.41, 5.74) is 1.59. The van der Waals surface area contributed by atoms with Crippen molar-refractivity contribution in [2.24, 2.45) is 0 Å². The molecule has 0 spiro atoms. The van der Waals surface area contributed by atoms with E-state index in [0.717, 1.165) is 16.9 Å². The summed E-state index contributed by atoms with van der Waals surface area (Å²) < 4.78 is 7.22. The molecule has 0 aliphatic rings. The Bertz CT molecular complexity index is 980. The van der Waals surface area contributed by atoms with Crippen LogP contribution in [0.15, 0.2) is 70.5 Å². The molecule has 28 heavy (non-hydrogen) atoms. The predicted molar refractivity (Wildman–Crippen MR) is 115 cm³/mol. The maximum Gasteiger partial charge on any atom is 0.287 e. The van der Waals surface area contributed by atoms with E-state index in [1.807, 2.05) is 75.4 Å². The average Bonchev–Trinajstić information content (AvgIpc) is 2.68. The first-order valence-electron chi connectivity index (χ1n) is 9.01. The van der Waals surface area contributed by atoms with Crippen LogP contribution in [0.2, 0.25) is 5.02 Å². The molecule has 146 valence electrons. The molecule has 0 atom stereocenters. The average molecular weight is 415 g/mol. The van der Waals surface area contributed by atoms with Gasteiger partial charge >= 0.3 is 0 Å². The smallest absolute Gasteiger partial charge is 0.287 e. The number of benzene rings is 2. The largest absolute Gasteiger partial charge is 0.489 e. The van der Waals surface area contributed by atoms with Crippen LogP contribution in [0.4, 0.5) is 0 Å². The maximum atomic E-state index is 12.4. The number of rotatable bonds is 6. The lowest BCUT2D eigenvalue weighted by Gasteiger charge is -2.21. The van der Waals surface area contributed by atoms with E-state index in [1.165, 1.54) is 16.4 Å². The zero-order chi connectivity index (χ0) is 20.1. The number of aromatic nitrogens is 2. The highest BCUT2D eigenvalue weighted by molar-refractivity contribution is 7.98. The molecule has 0 radical (unpaired) electrons. The summed E-state index contributed by atoms with van der Waals surface area (Å²) in [6.07, 6.45) is 1.66. The summed E-state index contributed by atoms with van der Waals surface area (Å²) in [4.78, 5) is 13.1. The highest BCUT2D eigenvalue weighted by Crippen LogP contribution is 2.28. The van der Waals surface area contributed by atoms with Crippen molar-refractivity contribution in [1.29, 1.82) is 0 Å². The quantitative estimate of drug-likeness (QED) is 0.498. The fraction of sp³-hybridized carbons (Fsp3) is 0.273. The van der Waals surface area contributed by atoms with Crippen LogP contribution < -0.4 is 10.3 Å². The van der Waals surface area contributed by atoms with Gasteiger partial charge in [0.1, 0.15) is 17.4 Å². The van der Waals surface area contributed by atoms with Crippen LogP contribution in [0, 0.1) is 0 Å². The Hall–Kier alpha value is -2.24. The van der Waals surface area contributed by atoms with Gasteiger partial charge in [-0.1, -0.05) is 54.1 Å². The summed E-state index contributed by atoms with van der Waals surface area (Å²) >= 11 is 7.78. The minimum Gasteiger partial charge on any atom is -0.489 e. The molecule has 0 amide bonds. The molecular formula is C22H23ClN2O2S. The van der Waals surface area contributed by atoms with Crippen LogP contribution >= 0.6 is 23.4 Å². The van der Waals surface area contributed by atoms with Gasteiger partial charge in [0.2, 0.25) is 0 Å². The monoisotopic (exact) mass is 414 g/mol. The van der Waals surface area contributed by atoms with Crippen LogP contribution in [-0.2, 0) is 17.9 Å². The highest BCUT2D eigenvalue weighted by atomic mass is 35.5. The maximum absolute atomic E-state index is 12.4. The van der Waals surface area contributed by atoms with Gasteiger partial charge in [-0.25, -0.2) is 4.68 Å². The Kier molecular flexibility index (Phi) is 6.47. The zero-order valence-corrected chi connectivity index (χ0v) is 17.8. The van der Waals surface area contributed by atoms with Crippen LogP contribution in [0.3, 0.4) is 0 Å². The first kappa shape index (κ1) is 20.5. The minimum atomic E-state index is -0.403. The molecule has 0 bridgehead atoms. The molecule has 1 aromatic heterocycles. The summed E-state index contributed by atoms with van der Waals surface area (Å²) in [6.45, 7) is 6.31. The van der Waals surface area contributed by atoms with Crippen molar-refractivity contribution in [3.8, 4) is 5.75 Å². The Morgan fingerprint density at radius 3 is 2.36 bits per heavy atom. The fourth-order valence-corrected chi connectivity index (χ4v) is 3.72. The van der Waals surface area contributed by atoms with Gasteiger partial charge in [-0.3, -0.25) is 4.79 Å². The molecule has 0 aliphatic carbocycles. The van der Waals surface area contributed by atoms with Crippen LogP contribution in [0.25, 0.3) is 0 Å². The van der Waals surface area contributed by atoms with Gasteiger partial charge < -0.3 is 4.74 Å². The lowest BCUT2D eigenvalue weighted by molar-refractivity contribution is 0.306. The van der Waals surface area contributed by atoms with Gasteiger partial charge in [0.15, 0.2) is 0 Å². The van der Waals surface area contributed by atoms with Crippen molar-refractivity contribution in [3.63, 3.8) is 0 Å². The third-order valence-corrected chi connectivity index (χ3v) is 5.66. The van der Waals surface area contributed by atoms with Gasteiger partial charge in [-0.15, -0.1) is 11.8 Å². The molecule has 3 rings (SSSR count). The SMILES string of the molecule is CC(C)(C)n1ncc(SCc2ccc(OCc3ccccc3)cc2)c(Cl)c1=O. The van der Waals surface area contributed by atoms with Crippen LogP contribution in [0.1, 0.15) is 31.9 Å². The summed E-state index contributed by atoms with van der Waals surface area (Å²) in [7, 11) is 0. The van der Waals surface area contributed by atoms with Gasteiger partial charge in [-0.05, 0) is 44.0 Å². The Labute approximate surface area is 174 Å². The lowest BCUT2D eigenvalue weighted by Crippen LogP contribution is -2.36. The second kappa shape index (κ2) is 8.84. The molecule has 0 unspecified atom stereocenters. The van der Waals surface area contributed by atoms with Crippen LogP contribution in [0.5, 0.6) is 5.75 Å². The fourth-order valence-electron chi connectivity index (χ4n) is 2.58. The number of halogens is 1. The van der Waals surface area contributed by atoms with Gasteiger partial charge in [0, 0.05) is 5.75 Å². The lowest BCUT2D eigenvalue weighted by atomic mass is 10.1. The van der Waals surface area contributed by atoms with E-state index in [9.17, 15) is 4.79 Å². The normalized spacial score (nSPS) is 11.4. The van der Waals surface area contributed by atoms with Crippen molar-refractivity contribution in [2.75, 3.05) is 0 Å². The second-order valence-electron chi connectivity index (χ2n) is 7.42. The van der Waals surface area contributed by atoms with Crippen molar-refractivity contribution in [1.82, 2.24) is 9.78 Å². The number of hydrogen-bond acceptors (Lipinski definition) is 4. The van der Waals surface area contributed by atoms with Crippen molar-refractivity contribution in [2.45, 2.75) is 43.6 Å². The molecule has 0 aliphatic heterocycles. The first-order chi connectivity index (χ1) is 13.3. The molecule has 2 aromatic carbocycles. The topological polar surface area (TPSA) is 44.1 Å². The molecule has 4 nitrogen and oxygen atoms in total. The Balaban J connectivity index is 1.61. The van der Waals surface area contributed by atoms with E-state index >= 15 is 0 Å². The molecule has 0 N–H and O–H groups in total. The van der Waals surface area contributed by atoms with E-state index in [0.29, 0.717) is 17.3 Å². The predicted octanol–water partition coefficient (Wildman–Crippen LogP) is 5.52. The highest BCUT2D eigenvalue weighted by Gasteiger charge is 2.19. The Morgan fingerprint density at radius 1 is 1.04 bits per heavy atom.